The van der Waals surface area contributed by atoms with Gasteiger partial charge in [0.25, 0.3) is 0 Å². The molecule has 1 fully saturated rings. The van der Waals surface area contributed by atoms with E-state index in [4.69, 9.17) is 9.47 Å². The molecule has 0 spiro atoms. The van der Waals surface area contributed by atoms with Crippen molar-refractivity contribution < 1.29 is 14.3 Å². The first-order valence-corrected chi connectivity index (χ1v) is 3.91. The average Bonchev–Trinajstić information content (AvgIpc) is 2.08. The Morgan fingerprint density at radius 1 is 1.64 bits per heavy atom. The van der Waals surface area contributed by atoms with Crippen molar-refractivity contribution in [2.75, 3.05) is 0 Å². The van der Waals surface area contributed by atoms with Gasteiger partial charge in [-0.2, -0.15) is 0 Å². The Morgan fingerprint density at radius 3 is 2.64 bits per heavy atom. The van der Waals surface area contributed by atoms with Crippen molar-refractivity contribution in [2.24, 2.45) is 0 Å². The quantitative estimate of drug-likeness (QED) is 0.571. The first kappa shape index (κ1) is 8.53. The lowest BCUT2D eigenvalue weighted by Gasteiger charge is -2.25. The molecular formula is C8H14O3. The minimum absolute atomic E-state index is 0.103. The number of esters is 1. The second kappa shape index (κ2) is 2.81. The van der Waals surface area contributed by atoms with Crippen LogP contribution in [0.2, 0.25) is 0 Å². The number of carbonyl (C=O) groups excluding carboxylic acids is 1. The van der Waals surface area contributed by atoms with Crippen molar-refractivity contribution in [1.29, 1.82) is 0 Å². The van der Waals surface area contributed by atoms with Gasteiger partial charge < -0.3 is 9.47 Å². The summed E-state index contributed by atoms with van der Waals surface area (Å²) in [5, 5.41) is 0. The number of rotatable bonds is 2. The van der Waals surface area contributed by atoms with Crippen LogP contribution in [0.3, 0.4) is 0 Å². The summed E-state index contributed by atoms with van der Waals surface area (Å²) >= 11 is 0. The van der Waals surface area contributed by atoms with Crippen molar-refractivity contribution >= 4 is 5.97 Å². The molecule has 0 radical (unpaired) electrons. The molecule has 1 aliphatic rings. The number of hydrogen-bond donors (Lipinski definition) is 0. The Labute approximate surface area is 66.7 Å². The standard InChI is InChI=1S/C8H14O3/c1-6(2)10-8(3)5-4-7(9)11-8/h6H,4-5H2,1-3H3. The summed E-state index contributed by atoms with van der Waals surface area (Å²) in [6, 6.07) is 0. The van der Waals surface area contributed by atoms with E-state index in [0.717, 1.165) is 0 Å². The van der Waals surface area contributed by atoms with Crippen molar-refractivity contribution in [3.05, 3.63) is 0 Å². The zero-order chi connectivity index (χ0) is 8.48. The number of carbonyl (C=O) groups is 1. The van der Waals surface area contributed by atoms with Crippen molar-refractivity contribution in [1.82, 2.24) is 0 Å². The van der Waals surface area contributed by atoms with Crippen LogP contribution in [0.25, 0.3) is 0 Å². The molecule has 1 heterocycles. The van der Waals surface area contributed by atoms with E-state index in [0.29, 0.717) is 12.8 Å². The Kier molecular flexibility index (Phi) is 2.18. The smallest absolute Gasteiger partial charge is 0.308 e. The van der Waals surface area contributed by atoms with Gasteiger partial charge >= 0.3 is 5.97 Å². The van der Waals surface area contributed by atoms with E-state index in [-0.39, 0.29) is 12.1 Å². The third kappa shape index (κ3) is 2.19. The minimum atomic E-state index is -0.661. The maximum absolute atomic E-state index is 10.7. The van der Waals surface area contributed by atoms with Crippen LogP contribution in [0.15, 0.2) is 0 Å². The molecule has 0 aromatic heterocycles. The molecule has 0 amide bonds. The van der Waals surface area contributed by atoms with Crippen LogP contribution >= 0.6 is 0 Å². The molecule has 0 N–H and O–H groups in total. The van der Waals surface area contributed by atoms with Crippen LogP contribution in [-0.2, 0) is 14.3 Å². The lowest BCUT2D eigenvalue weighted by atomic mass is 10.2. The fraction of sp³-hybridized carbons (Fsp3) is 0.875. The molecule has 3 heteroatoms. The van der Waals surface area contributed by atoms with Crippen LogP contribution in [0.4, 0.5) is 0 Å². The molecule has 1 saturated heterocycles. The summed E-state index contributed by atoms with van der Waals surface area (Å²) in [5.41, 5.74) is 0. The molecule has 0 aromatic rings. The number of cyclic esters (lactones) is 1. The Hall–Kier alpha value is -0.570. The largest absolute Gasteiger partial charge is 0.433 e. The van der Waals surface area contributed by atoms with Crippen LogP contribution in [0.1, 0.15) is 33.6 Å². The third-order valence-electron chi connectivity index (χ3n) is 1.60. The maximum Gasteiger partial charge on any atom is 0.308 e. The minimum Gasteiger partial charge on any atom is -0.433 e. The van der Waals surface area contributed by atoms with E-state index < -0.39 is 5.79 Å². The van der Waals surface area contributed by atoms with Gasteiger partial charge in [-0.05, 0) is 13.8 Å². The highest BCUT2D eigenvalue weighted by atomic mass is 16.7. The first-order valence-electron chi connectivity index (χ1n) is 3.91. The molecule has 3 nitrogen and oxygen atoms in total. The zero-order valence-corrected chi connectivity index (χ0v) is 7.22. The van der Waals surface area contributed by atoms with Gasteiger partial charge in [-0.25, -0.2) is 0 Å². The first-order chi connectivity index (χ1) is 5.02. The van der Waals surface area contributed by atoms with E-state index >= 15 is 0 Å². The highest BCUT2D eigenvalue weighted by molar-refractivity contribution is 5.71. The van der Waals surface area contributed by atoms with E-state index in [1.807, 2.05) is 13.8 Å². The summed E-state index contributed by atoms with van der Waals surface area (Å²) in [4.78, 5) is 10.7. The molecule has 1 unspecified atom stereocenters. The van der Waals surface area contributed by atoms with Gasteiger partial charge in [0, 0.05) is 13.3 Å². The second-order valence-electron chi connectivity index (χ2n) is 3.27. The average molecular weight is 158 g/mol. The van der Waals surface area contributed by atoms with E-state index in [1.165, 1.54) is 0 Å². The zero-order valence-electron chi connectivity index (χ0n) is 7.22. The van der Waals surface area contributed by atoms with E-state index in [2.05, 4.69) is 0 Å². The lowest BCUT2D eigenvalue weighted by Crippen LogP contribution is -2.30. The fourth-order valence-electron chi connectivity index (χ4n) is 1.25. The van der Waals surface area contributed by atoms with Crippen LogP contribution in [0.5, 0.6) is 0 Å². The van der Waals surface area contributed by atoms with Crippen LogP contribution in [0, 0.1) is 0 Å². The molecule has 1 aliphatic heterocycles. The summed E-state index contributed by atoms with van der Waals surface area (Å²) in [5.74, 6) is -0.821. The Bertz CT molecular complexity index is 165. The maximum atomic E-state index is 10.7. The molecule has 0 saturated carbocycles. The molecule has 1 rings (SSSR count). The highest BCUT2D eigenvalue weighted by Gasteiger charge is 2.37. The summed E-state index contributed by atoms with van der Waals surface area (Å²) < 4.78 is 10.4. The van der Waals surface area contributed by atoms with Gasteiger partial charge in [-0.15, -0.1) is 0 Å². The molecule has 0 bridgehead atoms. The predicted octanol–water partition coefficient (Wildman–Crippen LogP) is 1.46. The predicted molar refractivity (Wildman–Crippen MR) is 40.0 cm³/mol. The monoisotopic (exact) mass is 158 g/mol. The third-order valence-corrected chi connectivity index (χ3v) is 1.60. The molecule has 0 aromatic carbocycles. The van der Waals surface area contributed by atoms with Crippen LogP contribution < -0.4 is 0 Å². The van der Waals surface area contributed by atoms with Gasteiger partial charge in [0.1, 0.15) is 0 Å². The topological polar surface area (TPSA) is 35.5 Å². The van der Waals surface area contributed by atoms with Gasteiger partial charge in [-0.1, -0.05) is 0 Å². The number of ether oxygens (including phenoxy) is 2. The number of hydrogen-bond acceptors (Lipinski definition) is 3. The van der Waals surface area contributed by atoms with Crippen molar-refractivity contribution in [3.63, 3.8) is 0 Å². The van der Waals surface area contributed by atoms with E-state index in [1.54, 1.807) is 6.92 Å². The fourth-order valence-corrected chi connectivity index (χ4v) is 1.25. The van der Waals surface area contributed by atoms with Crippen molar-refractivity contribution in [3.8, 4) is 0 Å². The molecule has 0 aliphatic carbocycles. The van der Waals surface area contributed by atoms with Gasteiger partial charge in [-0.3, -0.25) is 4.79 Å². The molecule has 11 heavy (non-hydrogen) atoms. The Balaban J connectivity index is 2.48. The van der Waals surface area contributed by atoms with Gasteiger partial charge in [0.15, 0.2) is 0 Å². The SMILES string of the molecule is CC(C)OC1(C)CCC(=O)O1. The Morgan fingerprint density at radius 2 is 2.27 bits per heavy atom. The second-order valence-corrected chi connectivity index (χ2v) is 3.27. The van der Waals surface area contributed by atoms with Gasteiger partial charge in [0.2, 0.25) is 5.79 Å². The summed E-state index contributed by atoms with van der Waals surface area (Å²) in [6.07, 6.45) is 1.25. The molecule has 1 atom stereocenters. The lowest BCUT2D eigenvalue weighted by molar-refractivity contribution is -0.216. The van der Waals surface area contributed by atoms with E-state index in [9.17, 15) is 4.79 Å². The molecule has 64 valence electrons. The van der Waals surface area contributed by atoms with Gasteiger partial charge in [0.05, 0.1) is 12.5 Å². The summed E-state index contributed by atoms with van der Waals surface area (Å²) in [6.45, 7) is 5.66. The highest BCUT2D eigenvalue weighted by Crippen LogP contribution is 2.28. The normalized spacial score (nSPS) is 31.1. The van der Waals surface area contributed by atoms with Crippen molar-refractivity contribution in [2.45, 2.75) is 45.5 Å². The summed E-state index contributed by atoms with van der Waals surface area (Å²) in [7, 11) is 0. The van der Waals surface area contributed by atoms with Crippen LogP contribution in [-0.4, -0.2) is 17.9 Å². The molecular weight excluding hydrogens is 144 g/mol.